The molecule has 1 aliphatic heterocycles. The van der Waals surface area contributed by atoms with Crippen LogP contribution in [0.2, 0.25) is 5.02 Å². The van der Waals surface area contributed by atoms with Crippen LogP contribution in [0.1, 0.15) is 18.1 Å². The van der Waals surface area contributed by atoms with Crippen LogP contribution in [0.25, 0.3) is 6.08 Å². The summed E-state index contributed by atoms with van der Waals surface area (Å²) in [5.74, 6) is 0.112. The zero-order valence-electron chi connectivity index (χ0n) is 15.4. The quantitative estimate of drug-likeness (QED) is 0.0992. The Morgan fingerprint density at radius 2 is 2.00 bits per heavy atom. The van der Waals surface area contributed by atoms with Crippen LogP contribution in [-0.4, -0.2) is 23.4 Å². The molecule has 0 unspecified atom stereocenters. The van der Waals surface area contributed by atoms with Gasteiger partial charge in [-0.05, 0) is 87.5 Å². The predicted molar refractivity (Wildman–Crippen MR) is 131 cm³/mol. The van der Waals surface area contributed by atoms with Crippen molar-refractivity contribution in [1.82, 2.24) is 0 Å². The maximum atomic E-state index is 12.3. The first-order valence-electron chi connectivity index (χ1n) is 8.39. The van der Waals surface area contributed by atoms with Crippen LogP contribution in [0.3, 0.4) is 0 Å². The third kappa shape index (κ3) is 5.19. The third-order valence-corrected chi connectivity index (χ3v) is 5.72. The number of benzene rings is 2. The first-order chi connectivity index (χ1) is 14.2. The van der Waals surface area contributed by atoms with Gasteiger partial charge in [-0.25, -0.2) is 9.79 Å². The molecule has 0 amide bonds. The van der Waals surface area contributed by atoms with E-state index >= 15 is 0 Å². The zero-order valence-corrected chi connectivity index (χ0v) is 20.5. The number of hydrogen-bond donors (Lipinski definition) is 0. The molecule has 154 valence electrons. The van der Waals surface area contributed by atoms with Crippen LogP contribution in [0.5, 0.6) is 5.75 Å². The number of non-ortho nitro benzene ring substituents is 1. The maximum Gasteiger partial charge on any atom is 0.363 e. The number of nitro benzene ring substituents is 1. The summed E-state index contributed by atoms with van der Waals surface area (Å²) < 4.78 is 12.7. The molecule has 1 aliphatic rings. The fourth-order valence-corrected chi connectivity index (χ4v) is 4.85. The van der Waals surface area contributed by atoms with Crippen LogP contribution in [0.15, 0.2) is 53.2 Å². The second-order valence-corrected chi connectivity index (χ2v) is 9.05. The molecule has 2 aromatic carbocycles. The molecule has 0 saturated carbocycles. The summed E-state index contributed by atoms with van der Waals surface area (Å²) in [4.78, 5) is 26.8. The first-order valence-corrected chi connectivity index (χ1v) is 10.9. The Balaban J connectivity index is 1.91. The summed E-state index contributed by atoms with van der Waals surface area (Å²) in [7, 11) is 0. The smallest absolute Gasteiger partial charge is 0.363 e. The van der Waals surface area contributed by atoms with E-state index in [9.17, 15) is 14.9 Å². The molecule has 0 bridgehead atoms. The molecule has 0 atom stereocenters. The van der Waals surface area contributed by atoms with Crippen molar-refractivity contribution in [2.24, 2.45) is 4.99 Å². The van der Waals surface area contributed by atoms with E-state index in [0.29, 0.717) is 12.2 Å². The van der Waals surface area contributed by atoms with Crippen LogP contribution >= 0.6 is 56.8 Å². The van der Waals surface area contributed by atoms with Crippen molar-refractivity contribution < 1.29 is 19.2 Å². The number of halogens is 3. The second kappa shape index (κ2) is 9.43. The van der Waals surface area contributed by atoms with E-state index in [1.54, 1.807) is 6.08 Å². The number of ether oxygens (including phenoxy) is 2. The Kier molecular flexibility index (Phi) is 7.14. The lowest BCUT2D eigenvalue weighted by Crippen LogP contribution is -2.06. The fraction of sp³-hybridized carbons (Fsp3) is 0.100. The Morgan fingerprint density at radius 3 is 2.57 bits per heavy atom. The molecule has 0 fully saturated rings. The minimum Gasteiger partial charge on any atom is -0.487 e. The van der Waals surface area contributed by atoms with Crippen molar-refractivity contribution in [3.63, 3.8) is 0 Å². The number of carbonyl (C=O) groups excluding carboxylic acids is 1. The van der Waals surface area contributed by atoms with Gasteiger partial charge in [-0.15, -0.1) is 0 Å². The summed E-state index contributed by atoms with van der Waals surface area (Å²) in [6.07, 6.45) is 1.60. The van der Waals surface area contributed by atoms with Gasteiger partial charge >= 0.3 is 5.97 Å². The van der Waals surface area contributed by atoms with Crippen molar-refractivity contribution in [2.75, 3.05) is 6.61 Å². The van der Waals surface area contributed by atoms with Gasteiger partial charge in [0, 0.05) is 12.1 Å². The lowest BCUT2D eigenvalue weighted by molar-refractivity contribution is -0.384. The normalized spacial score (nSPS) is 14.5. The largest absolute Gasteiger partial charge is 0.487 e. The van der Waals surface area contributed by atoms with E-state index in [-0.39, 0.29) is 22.3 Å². The number of aliphatic imine (C=N–C) groups is 1. The van der Waals surface area contributed by atoms with Crippen molar-refractivity contribution in [3.05, 3.63) is 81.6 Å². The molecule has 2 aromatic rings. The summed E-state index contributed by atoms with van der Waals surface area (Å²) >= 11 is 10.4. The number of esters is 1. The minimum atomic E-state index is -0.632. The lowest BCUT2D eigenvalue weighted by Gasteiger charge is -2.11. The molecule has 1 heterocycles. The van der Waals surface area contributed by atoms with Gasteiger partial charge in [0.25, 0.3) is 5.69 Å². The van der Waals surface area contributed by atoms with Crippen LogP contribution in [-0.2, 0) is 9.53 Å². The average molecular weight is 651 g/mol. The lowest BCUT2D eigenvalue weighted by atomic mass is 10.2. The Bertz CT molecular complexity index is 1120. The summed E-state index contributed by atoms with van der Waals surface area (Å²) in [6.45, 7) is 6.13. The van der Waals surface area contributed by atoms with Gasteiger partial charge in [-0.2, -0.15) is 0 Å². The van der Waals surface area contributed by atoms with Crippen LogP contribution in [0.4, 0.5) is 5.69 Å². The van der Waals surface area contributed by atoms with E-state index < -0.39 is 10.9 Å². The highest BCUT2D eigenvalue weighted by atomic mass is 127. The van der Waals surface area contributed by atoms with Gasteiger partial charge in [0.15, 0.2) is 5.70 Å². The Labute approximate surface area is 204 Å². The molecular weight excluding hydrogens is 637 g/mol. The van der Waals surface area contributed by atoms with Crippen molar-refractivity contribution >= 4 is 80.4 Å². The van der Waals surface area contributed by atoms with Crippen molar-refractivity contribution in [3.8, 4) is 5.75 Å². The second-order valence-electron chi connectivity index (χ2n) is 6.32. The predicted octanol–water partition coefficient (Wildman–Crippen LogP) is 5.76. The molecule has 10 heteroatoms. The number of nitro groups is 1. The Morgan fingerprint density at radius 1 is 1.33 bits per heavy atom. The molecule has 3 rings (SSSR count). The molecule has 7 nitrogen and oxygen atoms in total. The standard InChI is InChI=1S/C20H13ClI2N2O5/c1-10(2)9-29-18-15(22)5-11(6-16(18)23)7-17-20(26)30-19(24-17)13-4-3-12(25(27)28)8-14(13)21/h3-8H,1,9H2,2H3/b17-7-. The molecular formula is C20H13ClI2N2O5. The average Bonchev–Trinajstić information content (AvgIpc) is 3.00. The van der Waals surface area contributed by atoms with Gasteiger partial charge in [0.1, 0.15) is 12.4 Å². The molecule has 0 N–H and O–H groups in total. The molecule has 0 aliphatic carbocycles. The summed E-state index contributed by atoms with van der Waals surface area (Å²) in [5, 5.41) is 10.9. The summed E-state index contributed by atoms with van der Waals surface area (Å²) in [6, 6.07) is 7.58. The van der Waals surface area contributed by atoms with Crippen molar-refractivity contribution in [2.45, 2.75) is 6.92 Å². The third-order valence-electron chi connectivity index (χ3n) is 3.80. The van der Waals surface area contributed by atoms with E-state index in [0.717, 1.165) is 24.0 Å². The number of nitrogens with zero attached hydrogens (tertiary/aromatic N) is 2. The van der Waals surface area contributed by atoms with Gasteiger partial charge in [-0.1, -0.05) is 18.2 Å². The zero-order chi connectivity index (χ0) is 22.0. The number of rotatable bonds is 6. The molecule has 0 aromatic heterocycles. The van der Waals surface area contributed by atoms with Gasteiger partial charge in [0.2, 0.25) is 5.90 Å². The van der Waals surface area contributed by atoms with E-state index in [2.05, 4.69) is 56.8 Å². The number of carbonyl (C=O) groups is 1. The SMILES string of the molecule is C=C(C)COc1c(I)cc(/C=C2\N=C(c3ccc([N+](=O)[O-])cc3Cl)OC2=O)cc1I. The van der Waals surface area contributed by atoms with E-state index in [1.807, 2.05) is 19.1 Å². The minimum absolute atomic E-state index is 0.00282. The molecule has 0 spiro atoms. The van der Waals surface area contributed by atoms with Gasteiger partial charge < -0.3 is 9.47 Å². The van der Waals surface area contributed by atoms with E-state index in [1.165, 1.54) is 18.2 Å². The molecule has 0 saturated heterocycles. The molecule has 30 heavy (non-hydrogen) atoms. The number of hydrogen-bond acceptors (Lipinski definition) is 6. The van der Waals surface area contributed by atoms with Crippen LogP contribution in [0, 0.1) is 17.3 Å². The van der Waals surface area contributed by atoms with Gasteiger partial charge in [0.05, 0.1) is 22.6 Å². The highest BCUT2D eigenvalue weighted by Gasteiger charge is 2.26. The van der Waals surface area contributed by atoms with Crippen LogP contribution < -0.4 is 4.74 Å². The van der Waals surface area contributed by atoms with Crippen molar-refractivity contribution in [1.29, 1.82) is 0 Å². The highest BCUT2D eigenvalue weighted by Crippen LogP contribution is 2.31. The van der Waals surface area contributed by atoms with Gasteiger partial charge in [-0.3, -0.25) is 10.1 Å². The number of cyclic esters (lactones) is 1. The van der Waals surface area contributed by atoms with E-state index in [4.69, 9.17) is 21.1 Å². The maximum absolute atomic E-state index is 12.3. The fourth-order valence-electron chi connectivity index (χ4n) is 2.47. The topological polar surface area (TPSA) is 91.0 Å². The summed E-state index contributed by atoms with van der Waals surface area (Å²) in [5.41, 5.74) is 1.89. The highest BCUT2D eigenvalue weighted by molar-refractivity contribution is 14.1. The Hall–Kier alpha value is -1.99. The monoisotopic (exact) mass is 650 g/mol. The first kappa shape index (κ1) is 22.7. The molecule has 0 radical (unpaired) electrons.